The predicted molar refractivity (Wildman–Crippen MR) is 104 cm³/mol. The second-order valence-electron chi connectivity index (χ2n) is 6.22. The summed E-state index contributed by atoms with van der Waals surface area (Å²) in [5.74, 6) is -0.843. The van der Waals surface area contributed by atoms with E-state index in [0.29, 0.717) is 17.9 Å². The van der Waals surface area contributed by atoms with Gasteiger partial charge in [-0.2, -0.15) is 0 Å². The molecule has 0 aliphatic carbocycles. The van der Waals surface area contributed by atoms with E-state index in [1.165, 1.54) is 24.5 Å². The summed E-state index contributed by atoms with van der Waals surface area (Å²) < 4.78 is 5.73. The lowest BCUT2D eigenvalue weighted by Crippen LogP contribution is -2.42. The number of hydrogen-bond donors (Lipinski definition) is 2. The molecule has 142 valence electrons. The number of ether oxygens (including phenoxy) is 1. The number of rotatable bonds is 8. The van der Waals surface area contributed by atoms with Gasteiger partial charge in [-0.1, -0.05) is 42.5 Å². The van der Waals surface area contributed by atoms with E-state index in [2.05, 4.69) is 10.3 Å². The van der Waals surface area contributed by atoms with Gasteiger partial charge in [0.05, 0.1) is 0 Å². The number of nitrogens with zero attached hydrogens (tertiary/aromatic N) is 1. The first kappa shape index (κ1) is 19.1. The maximum Gasteiger partial charge on any atom is 0.326 e. The Hall–Kier alpha value is -3.67. The minimum absolute atomic E-state index is 0.172. The zero-order valence-corrected chi connectivity index (χ0v) is 15.1. The van der Waals surface area contributed by atoms with Crippen LogP contribution in [0.1, 0.15) is 21.5 Å². The monoisotopic (exact) mass is 376 g/mol. The van der Waals surface area contributed by atoms with E-state index in [1.807, 2.05) is 30.3 Å². The van der Waals surface area contributed by atoms with Crippen LogP contribution < -0.4 is 10.1 Å². The molecule has 0 aliphatic rings. The van der Waals surface area contributed by atoms with Crippen LogP contribution in [0.3, 0.4) is 0 Å². The molecular weight excluding hydrogens is 356 g/mol. The van der Waals surface area contributed by atoms with Crippen LogP contribution in [0.2, 0.25) is 0 Å². The average molecular weight is 376 g/mol. The molecule has 0 unspecified atom stereocenters. The fraction of sp³-hybridized carbons (Fsp3) is 0.136. The van der Waals surface area contributed by atoms with Crippen LogP contribution in [0.5, 0.6) is 5.75 Å². The summed E-state index contributed by atoms with van der Waals surface area (Å²) in [5.41, 5.74) is 2.22. The zero-order chi connectivity index (χ0) is 19.8. The van der Waals surface area contributed by atoms with E-state index in [-0.39, 0.29) is 6.42 Å². The molecule has 0 aliphatic heterocycles. The van der Waals surface area contributed by atoms with Crippen LogP contribution in [-0.2, 0) is 17.8 Å². The van der Waals surface area contributed by atoms with Crippen molar-refractivity contribution in [1.82, 2.24) is 10.3 Å². The highest BCUT2D eigenvalue weighted by Gasteiger charge is 2.21. The summed E-state index contributed by atoms with van der Waals surface area (Å²) in [6.07, 6.45) is 3.14. The highest BCUT2D eigenvalue weighted by molar-refractivity contribution is 5.96. The van der Waals surface area contributed by atoms with E-state index < -0.39 is 17.9 Å². The van der Waals surface area contributed by atoms with Crippen LogP contribution in [0, 0.1) is 0 Å². The van der Waals surface area contributed by atoms with Gasteiger partial charge in [0.25, 0.3) is 5.91 Å². The number of aliphatic carboxylic acids is 1. The third-order valence-electron chi connectivity index (χ3n) is 4.16. The second-order valence-corrected chi connectivity index (χ2v) is 6.22. The molecule has 3 aromatic rings. The van der Waals surface area contributed by atoms with Crippen LogP contribution in [-0.4, -0.2) is 28.0 Å². The summed E-state index contributed by atoms with van der Waals surface area (Å²) in [7, 11) is 0. The van der Waals surface area contributed by atoms with Crippen molar-refractivity contribution in [2.75, 3.05) is 0 Å². The number of aromatic nitrogens is 1. The van der Waals surface area contributed by atoms with Gasteiger partial charge in [0, 0.05) is 24.4 Å². The molecule has 1 atom stereocenters. The molecular formula is C22H20N2O4. The van der Waals surface area contributed by atoms with E-state index in [0.717, 1.165) is 11.1 Å². The van der Waals surface area contributed by atoms with Crippen molar-refractivity contribution in [2.24, 2.45) is 0 Å². The number of pyridine rings is 1. The standard InChI is InChI=1S/C22H20N2O4/c25-21(18-10-12-23-13-11-18)24-20(22(26)27)14-16-6-8-19(9-7-16)28-15-17-4-2-1-3-5-17/h1-13,20H,14-15H2,(H,24,25)(H,26,27)/t20-/m1/s1. The fourth-order valence-electron chi connectivity index (χ4n) is 2.64. The normalized spacial score (nSPS) is 11.4. The lowest BCUT2D eigenvalue weighted by atomic mass is 10.1. The molecule has 0 saturated carbocycles. The van der Waals surface area contributed by atoms with E-state index in [4.69, 9.17) is 4.74 Å². The third-order valence-corrected chi connectivity index (χ3v) is 4.16. The van der Waals surface area contributed by atoms with Crippen molar-refractivity contribution < 1.29 is 19.4 Å². The Morgan fingerprint density at radius 1 is 0.929 bits per heavy atom. The highest BCUT2D eigenvalue weighted by Crippen LogP contribution is 2.15. The summed E-state index contributed by atoms with van der Waals surface area (Å²) in [6.45, 7) is 0.458. The molecule has 0 radical (unpaired) electrons. The Bertz CT molecular complexity index is 912. The Morgan fingerprint density at radius 2 is 1.61 bits per heavy atom. The van der Waals surface area contributed by atoms with Crippen LogP contribution in [0.25, 0.3) is 0 Å². The predicted octanol–water partition coefficient (Wildman–Crippen LogP) is 3.09. The van der Waals surface area contributed by atoms with Gasteiger partial charge in [-0.3, -0.25) is 9.78 Å². The molecule has 6 heteroatoms. The quantitative estimate of drug-likeness (QED) is 0.631. The summed E-state index contributed by atoms with van der Waals surface area (Å²) in [4.78, 5) is 27.6. The molecule has 1 amide bonds. The smallest absolute Gasteiger partial charge is 0.326 e. The Balaban J connectivity index is 1.59. The number of nitrogens with one attached hydrogen (secondary N) is 1. The number of carbonyl (C=O) groups is 2. The number of carbonyl (C=O) groups excluding carboxylic acids is 1. The summed E-state index contributed by atoms with van der Waals surface area (Å²) in [5, 5.41) is 12.0. The molecule has 2 aromatic carbocycles. The SMILES string of the molecule is O=C(N[C@H](Cc1ccc(OCc2ccccc2)cc1)C(=O)O)c1ccncc1. The molecule has 0 saturated heterocycles. The molecule has 3 rings (SSSR count). The van der Waals surface area contributed by atoms with Gasteiger partial charge in [0.2, 0.25) is 0 Å². The lowest BCUT2D eigenvalue weighted by Gasteiger charge is -2.15. The minimum Gasteiger partial charge on any atom is -0.489 e. The van der Waals surface area contributed by atoms with E-state index >= 15 is 0 Å². The average Bonchev–Trinajstić information content (AvgIpc) is 2.74. The molecule has 28 heavy (non-hydrogen) atoms. The van der Waals surface area contributed by atoms with E-state index in [9.17, 15) is 14.7 Å². The van der Waals surface area contributed by atoms with Crippen LogP contribution in [0.15, 0.2) is 79.1 Å². The minimum atomic E-state index is -1.09. The van der Waals surface area contributed by atoms with Gasteiger partial charge in [0.1, 0.15) is 18.4 Å². The van der Waals surface area contributed by atoms with E-state index in [1.54, 1.807) is 24.3 Å². The molecule has 1 aromatic heterocycles. The molecule has 0 fully saturated rings. The molecule has 0 spiro atoms. The topological polar surface area (TPSA) is 88.5 Å². The summed E-state index contributed by atoms with van der Waals surface area (Å²) >= 11 is 0. The van der Waals surface area contributed by atoms with Gasteiger partial charge < -0.3 is 15.2 Å². The molecule has 2 N–H and O–H groups in total. The van der Waals surface area contributed by atoms with Crippen molar-refractivity contribution in [3.05, 3.63) is 95.8 Å². The number of benzene rings is 2. The van der Waals surface area contributed by atoms with Gasteiger partial charge in [-0.05, 0) is 35.4 Å². The van der Waals surface area contributed by atoms with Crippen LogP contribution >= 0.6 is 0 Å². The second kappa shape index (κ2) is 9.32. The van der Waals surface area contributed by atoms with Crippen LogP contribution in [0.4, 0.5) is 0 Å². The molecule has 1 heterocycles. The Kier molecular flexibility index (Phi) is 6.36. The highest BCUT2D eigenvalue weighted by atomic mass is 16.5. The number of amides is 1. The first-order valence-corrected chi connectivity index (χ1v) is 8.81. The summed E-state index contributed by atoms with van der Waals surface area (Å²) in [6, 6.07) is 19.0. The van der Waals surface area contributed by atoms with Gasteiger partial charge in [0.15, 0.2) is 0 Å². The Labute approximate surface area is 162 Å². The van der Waals surface area contributed by atoms with Crippen molar-refractivity contribution >= 4 is 11.9 Å². The van der Waals surface area contributed by atoms with Gasteiger partial charge >= 0.3 is 5.97 Å². The van der Waals surface area contributed by atoms with Gasteiger partial charge in [-0.25, -0.2) is 4.79 Å². The lowest BCUT2D eigenvalue weighted by molar-refractivity contribution is -0.139. The third kappa shape index (κ3) is 5.41. The number of hydrogen-bond acceptors (Lipinski definition) is 4. The number of carboxylic acid groups (broad SMARTS) is 1. The van der Waals surface area contributed by atoms with Gasteiger partial charge in [-0.15, -0.1) is 0 Å². The first-order chi connectivity index (χ1) is 13.6. The van der Waals surface area contributed by atoms with Crippen molar-refractivity contribution in [1.29, 1.82) is 0 Å². The maximum absolute atomic E-state index is 12.2. The van der Waals surface area contributed by atoms with Crippen molar-refractivity contribution in [2.45, 2.75) is 19.1 Å². The number of carboxylic acids is 1. The first-order valence-electron chi connectivity index (χ1n) is 8.81. The zero-order valence-electron chi connectivity index (χ0n) is 15.1. The maximum atomic E-state index is 12.2. The fourth-order valence-corrected chi connectivity index (χ4v) is 2.64. The molecule has 6 nitrogen and oxygen atoms in total. The molecule has 0 bridgehead atoms. The van der Waals surface area contributed by atoms with Crippen molar-refractivity contribution in [3.63, 3.8) is 0 Å². The largest absolute Gasteiger partial charge is 0.489 e. The Morgan fingerprint density at radius 3 is 2.25 bits per heavy atom. The van der Waals surface area contributed by atoms with Crippen molar-refractivity contribution in [3.8, 4) is 5.75 Å².